The van der Waals surface area contributed by atoms with Gasteiger partial charge < -0.3 is 20.1 Å². The van der Waals surface area contributed by atoms with E-state index >= 15 is 0 Å². The number of pyridine rings is 1. The molecular weight excluding hydrogens is 314 g/mol. The Balaban J connectivity index is 1.78. The molecule has 2 heterocycles. The maximum absolute atomic E-state index is 10.0. The predicted molar refractivity (Wildman–Crippen MR) is 89.3 cm³/mol. The van der Waals surface area contributed by atoms with Crippen LogP contribution in [0.3, 0.4) is 0 Å². The maximum Gasteiger partial charge on any atom is 0.173 e. The van der Waals surface area contributed by atoms with E-state index in [1.807, 2.05) is 43.3 Å². The number of aryl methyl sites for hydroxylation is 1. The molecule has 3 N–H and O–H groups in total. The predicted octanol–water partition coefficient (Wildman–Crippen LogP) is 1.59. The number of hydrogen-bond acceptors (Lipinski definition) is 6. The first kappa shape index (κ1) is 16.3. The van der Waals surface area contributed by atoms with Gasteiger partial charge in [0, 0.05) is 17.0 Å². The van der Waals surface area contributed by atoms with E-state index in [0.717, 1.165) is 17.0 Å². The average molecular weight is 333 g/mol. The third-order valence-corrected chi connectivity index (χ3v) is 4.96. The van der Waals surface area contributed by atoms with Crippen molar-refractivity contribution in [3.63, 3.8) is 0 Å². The Kier molecular flexibility index (Phi) is 4.87. The zero-order valence-corrected chi connectivity index (χ0v) is 13.5. The summed E-state index contributed by atoms with van der Waals surface area (Å²) in [5.74, 6) is 0.910. The molecule has 0 bridgehead atoms. The number of aromatic nitrogens is 1. The van der Waals surface area contributed by atoms with Crippen molar-refractivity contribution in [2.24, 2.45) is 0 Å². The molecule has 122 valence electrons. The van der Waals surface area contributed by atoms with Crippen molar-refractivity contribution in [2.45, 2.75) is 30.7 Å². The summed E-state index contributed by atoms with van der Waals surface area (Å²) in [5, 5.41) is 29.3. The lowest BCUT2D eigenvalue weighted by Crippen LogP contribution is -2.50. The molecule has 23 heavy (non-hydrogen) atoms. The van der Waals surface area contributed by atoms with Crippen molar-refractivity contribution in [1.82, 2.24) is 4.98 Å². The Morgan fingerprint density at radius 1 is 1.09 bits per heavy atom. The molecular formula is C17H19NO4S. The fourth-order valence-electron chi connectivity index (χ4n) is 2.45. The highest BCUT2D eigenvalue weighted by atomic mass is 32.2. The van der Waals surface area contributed by atoms with Gasteiger partial charge in [0.05, 0.1) is 11.8 Å². The molecule has 3 rings (SSSR count). The van der Waals surface area contributed by atoms with E-state index in [1.165, 1.54) is 11.8 Å². The van der Waals surface area contributed by atoms with Gasteiger partial charge in [-0.3, -0.25) is 4.98 Å². The van der Waals surface area contributed by atoms with Crippen LogP contribution in [-0.2, 0) is 0 Å². The highest BCUT2D eigenvalue weighted by Crippen LogP contribution is 2.30. The minimum Gasteiger partial charge on any atom is -0.477 e. The number of aliphatic hydroxyl groups excluding tert-OH is 3. The van der Waals surface area contributed by atoms with Crippen molar-refractivity contribution in [1.29, 1.82) is 0 Å². The number of aliphatic hydroxyl groups is 3. The highest BCUT2D eigenvalue weighted by Gasteiger charge is 2.38. The van der Waals surface area contributed by atoms with Gasteiger partial charge in [0.2, 0.25) is 0 Å². The molecule has 1 aromatic carbocycles. The van der Waals surface area contributed by atoms with E-state index < -0.39 is 23.7 Å². The first-order valence-corrected chi connectivity index (χ1v) is 8.46. The standard InChI is InChI=1S/C17H19NO4S/c1-10-4-2-7-13(18-10)11-5-3-6-12(8-11)22-17-16(21)15(20)14(19)9-23-17/h2-8,14-17,19-21H,9H2,1H3/t14-,15+,16-,17-/m1/s1. The van der Waals surface area contributed by atoms with E-state index in [0.29, 0.717) is 11.5 Å². The summed E-state index contributed by atoms with van der Waals surface area (Å²) in [6, 6.07) is 13.3. The number of hydrogen-bond donors (Lipinski definition) is 3. The van der Waals surface area contributed by atoms with Gasteiger partial charge in [-0.25, -0.2) is 0 Å². The molecule has 1 fully saturated rings. The molecule has 4 atom stereocenters. The molecule has 1 aromatic heterocycles. The van der Waals surface area contributed by atoms with Crippen LogP contribution in [0.1, 0.15) is 5.69 Å². The SMILES string of the molecule is Cc1cccc(-c2cccc(O[C@@H]3SC[C@@H](O)[C@H](O)[C@H]3O)c2)n1. The minimum absolute atomic E-state index is 0.321. The Morgan fingerprint density at radius 3 is 2.65 bits per heavy atom. The fraction of sp³-hybridized carbons (Fsp3) is 0.353. The Hall–Kier alpha value is -1.60. The van der Waals surface area contributed by atoms with Crippen molar-refractivity contribution in [2.75, 3.05) is 5.75 Å². The lowest BCUT2D eigenvalue weighted by molar-refractivity contribution is -0.0786. The van der Waals surface area contributed by atoms with Crippen LogP contribution >= 0.6 is 11.8 Å². The normalized spacial score (nSPS) is 27.7. The molecule has 0 aliphatic carbocycles. The maximum atomic E-state index is 10.0. The molecule has 0 unspecified atom stereocenters. The molecule has 2 aromatic rings. The van der Waals surface area contributed by atoms with Crippen LogP contribution in [-0.4, -0.2) is 49.8 Å². The van der Waals surface area contributed by atoms with Gasteiger partial charge in [-0.1, -0.05) is 18.2 Å². The number of rotatable bonds is 3. The van der Waals surface area contributed by atoms with Crippen molar-refractivity contribution < 1.29 is 20.1 Å². The molecule has 0 amide bonds. The van der Waals surface area contributed by atoms with Gasteiger partial charge in [-0.15, -0.1) is 11.8 Å². The monoisotopic (exact) mass is 333 g/mol. The van der Waals surface area contributed by atoms with Crippen LogP contribution in [0, 0.1) is 6.92 Å². The first-order valence-electron chi connectivity index (χ1n) is 7.41. The van der Waals surface area contributed by atoms with Crippen molar-refractivity contribution in [3.8, 4) is 17.0 Å². The second-order valence-electron chi connectivity index (χ2n) is 5.56. The Morgan fingerprint density at radius 2 is 1.87 bits per heavy atom. The number of thioether (sulfide) groups is 1. The molecule has 0 radical (unpaired) electrons. The Bertz CT molecular complexity index is 681. The summed E-state index contributed by atoms with van der Waals surface area (Å²) in [6.45, 7) is 1.94. The van der Waals surface area contributed by atoms with Gasteiger partial charge in [0.1, 0.15) is 18.0 Å². The van der Waals surface area contributed by atoms with E-state index in [1.54, 1.807) is 6.07 Å². The summed E-state index contributed by atoms with van der Waals surface area (Å²) in [5.41, 5.74) is 2.09. The first-order chi connectivity index (χ1) is 11.0. The van der Waals surface area contributed by atoms with Crippen LogP contribution in [0.15, 0.2) is 42.5 Å². The van der Waals surface area contributed by atoms with Gasteiger partial charge in [-0.05, 0) is 31.2 Å². The average Bonchev–Trinajstić information content (AvgIpc) is 2.56. The summed E-state index contributed by atoms with van der Waals surface area (Å²) in [7, 11) is 0. The lowest BCUT2D eigenvalue weighted by Gasteiger charge is -2.34. The molecule has 1 aliphatic heterocycles. The molecule has 1 aliphatic rings. The van der Waals surface area contributed by atoms with Gasteiger partial charge >= 0.3 is 0 Å². The minimum atomic E-state index is -1.19. The molecule has 5 nitrogen and oxygen atoms in total. The topological polar surface area (TPSA) is 82.8 Å². The van der Waals surface area contributed by atoms with Crippen LogP contribution in [0.2, 0.25) is 0 Å². The third-order valence-electron chi connectivity index (χ3n) is 3.72. The smallest absolute Gasteiger partial charge is 0.173 e. The summed E-state index contributed by atoms with van der Waals surface area (Å²) in [4.78, 5) is 4.49. The van der Waals surface area contributed by atoms with Crippen LogP contribution < -0.4 is 4.74 Å². The van der Waals surface area contributed by atoms with Crippen LogP contribution in [0.4, 0.5) is 0 Å². The van der Waals surface area contributed by atoms with Gasteiger partial charge in [-0.2, -0.15) is 0 Å². The number of nitrogens with zero attached hydrogens (tertiary/aromatic N) is 1. The zero-order chi connectivity index (χ0) is 16.4. The molecule has 0 saturated carbocycles. The quantitative estimate of drug-likeness (QED) is 0.791. The number of benzene rings is 1. The molecule has 0 spiro atoms. The van der Waals surface area contributed by atoms with E-state index in [4.69, 9.17) is 4.74 Å². The Labute approximate surface area is 139 Å². The van der Waals surface area contributed by atoms with Crippen LogP contribution in [0.25, 0.3) is 11.3 Å². The summed E-state index contributed by atoms with van der Waals surface area (Å²) >= 11 is 1.28. The number of ether oxygens (including phenoxy) is 1. The molecule has 1 saturated heterocycles. The second kappa shape index (κ2) is 6.88. The second-order valence-corrected chi connectivity index (χ2v) is 6.69. The van der Waals surface area contributed by atoms with E-state index in [-0.39, 0.29) is 0 Å². The van der Waals surface area contributed by atoms with Crippen molar-refractivity contribution in [3.05, 3.63) is 48.2 Å². The summed E-state index contributed by atoms with van der Waals surface area (Å²) < 4.78 is 5.79. The zero-order valence-electron chi connectivity index (χ0n) is 12.7. The third kappa shape index (κ3) is 3.67. The van der Waals surface area contributed by atoms with E-state index in [9.17, 15) is 15.3 Å². The molecule has 6 heteroatoms. The largest absolute Gasteiger partial charge is 0.477 e. The van der Waals surface area contributed by atoms with Gasteiger partial charge in [0.25, 0.3) is 0 Å². The van der Waals surface area contributed by atoms with E-state index in [2.05, 4.69) is 4.98 Å². The van der Waals surface area contributed by atoms with Gasteiger partial charge in [0.15, 0.2) is 5.44 Å². The lowest BCUT2D eigenvalue weighted by atomic mass is 10.1. The van der Waals surface area contributed by atoms with Crippen LogP contribution in [0.5, 0.6) is 5.75 Å². The van der Waals surface area contributed by atoms with Crippen molar-refractivity contribution >= 4 is 11.8 Å². The summed E-state index contributed by atoms with van der Waals surface area (Å²) in [6.07, 6.45) is -3.26. The fourth-order valence-corrected chi connectivity index (χ4v) is 3.57. The highest BCUT2D eigenvalue weighted by molar-refractivity contribution is 7.99.